The Morgan fingerprint density at radius 3 is 2.62 bits per heavy atom. The Labute approximate surface area is 94.8 Å². The summed E-state index contributed by atoms with van der Waals surface area (Å²) < 4.78 is 5.01. The van der Waals surface area contributed by atoms with Gasteiger partial charge in [-0.05, 0) is 5.56 Å². The molecule has 1 aliphatic rings. The van der Waals surface area contributed by atoms with Crippen molar-refractivity contribution in [2.75, 3.05) is 19.8 Å². The van der Waals surface area contributed by atoms with E-state index >= 15 is 0 Å². The van der Waals surface area contributed by atoms with Crippen molar-refractivity contribution >= 4 is 5.91 Å². The number of carbonyl (C=O) groups excluding carboxylic acids is 1. The van der Waals surface area contributed by atoms with Crippen LogP contribution in [-0.4, -0.2) is 31.7 Å². The molecule has 1 fully saturated rings. The summed E-state index contributed by atoms with van der Waals surface area (Å²) in [6.07, 6.45) is 0. The summed E-state index contributed by atoms with van der Waals surface area (Å²) in [4.78, 5) is 11.9. The van der Waals surface area contributed by atoms with Gasteiger partial charge in [0.25, 0.3) is 0 Å². The van der Waals surface area contributed by atoms with Crippen LogP contribution in [0.25, 0.3) is 0 Å². The Bertz CT molecular complexity index is 349. The number of carbonyl (C=O) groups is 1. The summed E-state index contributed by atoms with van der Waals surface area (Å²) in [5.74, 6) is -0.274. The zero-order chi connectivity index (χ0) is 11.4. The van der Waals surface area contributed by atoms with Crippen molar-refractivity contribution in [3.63, 3.8) is 0 Å². The lowest BCUT2D eigenvalue weighted by atomic mass is 9.98. The Kier molecular flexibility index (Phi) is 3.54. The van der Waals surface area contributed by atoms with Gasteiger partial charge < -0.3 is 15.8 Å². The Morgan fingerprint density at radius 1 is 1.44 bits per heavy atom. The van der Waals surface area contributed by atoms with Crippen molar-refractivity contribution in [2.45, 2.75) is 12.0 Å². The van der Waals surface area contributed by atoms with Gasteiger partial charge in [-0.15, -0.1) is 0 Å². The van der Waals surface area contributed by atoms with Crippen LogP contribution in [0.4, 0.5) is 0 Å². The Hall–Kier alpha value is -1.39. The molecule has 2 rings (SSSR count). The lowest BCUT2D eigenvalue weighted by Crippen LogP contribution is -2.50. The molecular formula is C12H16N2O2. The lowest BCUT2D eigenvalue weighted by molar-refractivity contribution is -0.126. The quantitative estimate of drug-likeness (QED) is 0.764. The van der Waals surface area contributed by atoms with E-state index in [2.05, 4.69) is 5.32 Å². The average molecular weight is 220 g/mol. The monoisotopic (exact) mass is 220 g/mol. The van der Waals surface area contributed by atoms with Crippen LogP contribution in [0.5, 0.6) is 0 Å². The molecule has 4 nitrogen and oxygen atoms in total. The van der Waals surface area contributed by atoms with Gasteiger partial charge in [-0.3, -0.25) is 4.79 Å². The van der Waals surface area contributed by atoms with Crippen LogP contribution < -0.4 is 11.1 Å². The summed E-state index contributed by atoms with van der Waals surface area (Å²) in [5.41, 5.74) is 6.61. The number of ether oxygens (including phenoxy) is 1. The fraction of sp³-hybridized carbons (Fsp3) is 0.417. The molecule has 1 heterocycles. The van der Waals surface area contributed by atoms with Gasteiger partial charge in [0.05, 0.1) is 25.2 Å². The zero-order valence-electron chi connectivity index (χ0n) is 9.06. The van der Waals surface area contributed by atoms with Gasteiger partial charge >= 0.3 is 0 Å². The minimum Gasteiger partial charge on any atom is -0.377 e. The van der Waals surface area contributed by atoms with E-state index in [1.54, 1.807) is 0 Å². The third-order valence-electron chi connectivity index (χ3n) is 2.74. The fourth-order valence-electron chi connectivity index (χ4n) is 1.70. The molecule has 0 saturated carbocycles. The van der Waals surface area contributed by atoms with Crippen LogP contribution in [0.1, 0.15) is 11.5 Å². The van der Waals surface area contributed by atoms with Crippen LogP contribution in [0, 0.1) is 0 Å². The van der Waals surface area contributed by atoms with E-state index in [0.29, 0.717) is 19.8 Å². The fourth-order valence-corrected chi connectivity index (χ4v) is 1.70. The average Bonchev–Trinajstić information content (AvgIpc) is 2.26. The van der Waals surface area contributed by atoms with Crippen LogP contribution in [0.3, 0.4) is 0 Å². The first-order valence-electron chi connectivity index (χ1n) is 5.44. The molecule has 0 aliphatic carbocycles. The molecule has 86 valence electrons. The minimum atomic E-state index is -0.262. The van der Waals surface area contributed by atoms with Gasteiger partial charge in [-0.1, -0.05) is 30.3 Å². The molecule has 1 aromatic rings. The lowest BCUT2D eigenvalue weighted by Gasteiger charge is -2.28. The van der Waals surface area contributed by atoms with Crippen molar-refractivity contribution in [3.8, 4) is 0 Å². The first kappa shape index (κ1) is 11.1. The molecule has 1 aliphatic heterocycles. The molecule has 0 spiro atoms. The maximum absolute atomic E-state index is 11.9. The van der Waals surface area contributed by atoms with Gasteiger partial charge in [-0.25, -0.2) is 0 Å². The largest absolute Gasteiger partial charge is 0.377 e. The Balaban J connectivity index is 2.01. The summed E-state index contributed by atoms with van der Waals surface area (Å²) in [6.45, 7) is 1.54. The molecule has 1 aromatic carbocycles. The molecule has 1 saturated heterocycles. The molecule has 1 unspecified atom stereocenters. The summed E-state index contributed by atoms with van der Waals surface area (Å²) in [6, 6.07) is 9.76. The predicted molar refractivity (Wildman–Crippen MR) is 61.0 cm³/mol. The topological polar surface area (TPSA) is 64.4 Å². The first-order valence-corrected chi connectivity index (χ1v) is 5.44. The molecule has 4 heteroatoms. The number of benzene rings is 1. The zero-order valence-corrected chi connectivity index (χ0v) is 9.06. The molecule has 0 aromatic heterocycles. The number of nitrogens with two attached hydrogens (primary N) is 1. The van der Waals surface area contributed by atoms with Crippen molar-refractivity contribution in [3.05, 3.63) is 35.9 Å². The number of hydrogen-bond acceptors (Lipinski definition) is 3. The van der Waals surface area contributed by atoms with Crippen molar-refractivity contribution in [2.24, 2.45) is 5.73 Å². The number of amides is 1. The molecule has 1 amide bonds. The van der Waals surface area contributed by atoms with E-state index in [-0.39, 0.29) is 17.9 Å². The highest BCUT2D eigenvalue weighted by Crippen LogP contribution is 2.15. The first-order chi connectivity index (χ1) is 7.81. The second kappa shape index (κ2) is 5.09. The number of rotatable bonds is 4. The minimum absolute atomic E-state index is 0.0120. The van der Waals surface area contributed by atoms with Crippen LogP contribution in [0.2, 0.25) is 0 Å². The second-order valence-electron chi connectivity index (χ2n) is 3.94. The highest BCUT2D eigenvalue weighted by Gasteiger charge is 2.25. The standard InChI is InChI=1S/C12H16N2O2/c13-6-11(9-4-2-1-3-5-9)12(15)14-10-7-16-8-10/h1-5,10-11H,6-8,13H2,(H,14,15). The molecule has 3 N–H and O–H groups in total. The van der Waals surface area contributed by atoms with Crippen LogP contribution in [0.15, 0.2) is 30.3 Å². The molecule has 0 radical (unpaired) electrons. The third-order valence-corrected chi connectivity index (χ3v) is 2.74. The van der Waals surface area contributed by atoms with Crippen molar-refractivity contribution in [1.82, 2.24) is 5.32 Å². The highest BCUT2D eigenvalue weighted by molar-refractivity contribution is 5.84. The summed E-state index contributed by atoms with van der Waals surface area (Å²) in [7, 11) is 0. The smallest absolute Gasteiger partial charge is 0.229 e. The van der Waals surface area contributed by atoms with Crippen LogP contribution >= 0.6 is 0 Å². The van der Waals surface area contributed by atoms with Crippen LogP contribution in [-0.2, 0) is 9.53 Å². The van der Waals surface area contributed by atoms with Gasteiger partial charge in [0, 0.05) is 6.54 Å². The number of hydrogen-bond donors (Lipinski definition) is 2. The van der Waals surface area contributed by atoms with E-state index in [9.17, 15) is 4.79 Å². The van der Waals surface area contributed by atoms with Gasteiger partial charge in [0.1, 0.15) is 0 Å². The maximum Gasteiger partial charge on any atom is 0.229 e. The molecule has 0 bridgehead atoms. The molecular weight excluding hydrogens is 204 g/mol. The van der Waals surface area contributed by atoms with E-state index in [0.717, 1.165) is 5.56 Å². The third kappa shape index (κ3) is 2.40. The van der Waals surface area contributed by atoms with Crippen molar-refractivity contribution < 1.29 is 9.53 Å². The number of nitrogens with one attached hydrogen (secondary N) is 1. The summed E-state index contributed by atoms with van der Waals surface area (Å²) in [5, 5.41) is 2.92. The maximum atomic E-state index is 11.9. The van der Waals surface area contributed by atoms with Crippen molar-refractivity contribution in [1.29, 1.82) is 0 Å². The van der Waals surface area contributed by atoms with Gasteiger partial charge in [0.2, 0.25) is 5.91 Å². The normalized spacial score (nSPS) is 17.6. The summed E-state index contributed by atoms with van der Waals surface area (Å²) >= 11 is 0. The molecule has 16 heavy (non-hydrogen) atoms. The van der Waals surface area contributed by atoms with E-state index < -0.39 is 0 Å². The SMILES string of the molecule is NCC(C(=O)NC1COC1)c1ccccc1. The van der Waals surface area contributed by atoms with E-state index in [1.165, 1.54) is 0 Å². The second-order valence-corrected chi connectivity index (χ2v) is 3.94. The van der Waals surface area contributed by atoms with E-state index in [1.807, 2.05) is 30.3 Å². The van der Waals surface area contributed by atoms with Gasteiger partial charge in [-0.2, -0.15) is 0 Å². The van der Waals surface area contributed by atoms with Gasteiger partial charge in [0.15, 0.2) is 0 Å². The molecule has 1 atom stereocenters. The van der Waals surface area contributed by atoms with E-state index in [4.69, 9.17) is 10.5 Å². The highest BCUT2D eigenvalue weighted by atomic mass is 16.5. The Morgan fingerprint density at radius 2 is 2.12 bits per heavy atom. The predicted octanol–water partition coefficient (Wildman–Crippen LogP) is 0.244.